The van der Waals surface area contributed by atoms with Crippen molar-refractivity contribution in [1.82, 2.24) is 15.1 Å². The van der Waals surface area contributed by atoms with Gasteiger partial charge in [0.2, 0.25) is 11.8 Å². The zero-order valence-electron chi connectivity index (χ0n) is 16.0. The minimum absolute atomic E-state index is 0.00438. The molecule has 2 atom stereocenters. The van der Waals surface area contributed by atoms with Crippen molar-refractivity contribution in [1.29, 1.82) is 0 Å². The Balaban J connectivity index is 1.57. The molecule has 142 valence electrons. The lowest BCUT2D eigenvalue weighted by Crippen LogP contribution is -2.58. The van der Waals surface area contributed by atoms with Crippen LogP contribution in [0.25, 0.3) is 0 Å². The van der Waals surface area contributed by atoms with Gasteiger partial charge in [-0.05, 0) is 37.5 Å². The number of rotatable bonds is 7. The summed E-state index contributed by atoms with van der Waals surface area (Å²) in [5.41, 5.74) is 0. The summed E-state index contributed by atoms with van der Waals surface area (Å²) in [5.74, 6) is 1.88. The van der Waals surface area contributed by atoms with E-state index in [2.05, 4.69) is 24.1 Å². The summed E-state index contributed by atoms with van der Waals surface area (Å²) >= 11 is 0. The first-order valence-electron chi connectivity index (χ1n) is 10.4. The Morgan fingerprint density at radius 3 is 2.24 bits per heavy atom. The van der Waals surface area contributed by atoms with E-state index in [0.29, 0.717) is 23.7 Å². The maximum Gasteiger partial charge on any atom is 0.237 e. The molecule has 1 N–H and O–H groups in total. The third kappa shape index (κ3) is 4.75. The van der Waals surface area contributed by atoms with Gasteiger partial charge in [0, 0.05) is 38.6 Å². The number of hydrogen-bond donors (Lipinski definition) is 1. The Hall–Kier alpha value is -1.10. The third-order valence-corrected chi connectivity index (χ3v) is 6.38. The molecule has 1 saturated heterocycles. The molecule has 0 aromatic heterocycles. The van der Waals surface area contributed by atoms with Crippen molar-refractivity contribution >= 4 is 11.8 Å². The number of carbonyl (C=O) groups is 2. The van der Waals surface area contributed by atoms with Gasteiger partial charge in [-0.2, -0.15) is 0 Å². The molecule has 1 aliphatic heterocycles. The molecule has 5 nitrogen and oxygen atoms in total. The quantitative estimate of drug-likeness (QED) is 0.767. The van der Waals surface area contributed by atoms with Gasteiger partial charge in [-0.25, -0.2) is 0 Å². The maximum absolute atomic E-state index is 13.0. The summed E-state index contributed by atoms with van der Waals surface area (Å²) in [7, 11) is 0. The molecular weight excluding hydrogens is 314 g/mol. The van der Waals surface area contributed by atoms with Crippen LogP contribution in [0.4, 0.5) is 0 Å². The Kier molecular flexibility index (Phi) is 6.37. The molecule has 3 aliphatic rings. The van der Waals surface area contributed by atoms with E-state index >= 15 is 0 Å². The third-order valence-electron chi connectivity index (χ3n) is 6.38. The number of nitrogens with one attached hydrogen (secondary N) is 1. The lowest BCUT2D eigenvalue weighted by molar-refractivity contribution is -0.136. The van der Waals surface area contributed by atoms with Crippen molar-refractivity contribution in [2.75, 3.05) is 32.7 Å². The second-order valence-electron chi connectivity index (χ2n) is 8.38. The fraction of sp³-hybridized carbons (Fsp3) is 0.900. The Morgan fingerprint density at radius 2 is 1.68 bits per heavy atom. The van der Waals surface area contributed by atoms with Gasteiger partial charge in [0.25, 0.3) is 0 Å². The maximum atomic E-state index is 13.0. The molecular formula is C20H35N3O2. The van der Waals surface area contributed by atoms with E-state index in [1.54, 1.807) is 0 Å². The van der Waals surface area contributed by atoms with Gasteiger partial charge in [0.05, 0.1) is 6.04 Å². The van der Waals surface area contributed by atoms with E-state index in [4.69, 9.17) is 0 Å². The first-order chi connectivity index (χ1) is 12.1. The molecule has 2 saturated carbocycles. The average Bonchev–Trinajstić information content (AvgIpc) is 3.36. The predicted molar refractivity (Wildman–Crippen MR) is 99.1 cm³/mol. The second-order valence-corrected chi connectivity index (χ2v) is 8.38. The fourth-order valence-electron chi connectivity index (χ4n) is 4.28. The van der Waals surface area contributed by atoms with Crippen molar-refractivity contribution in [3.8, 4) is 0 Å². The van der Waals surface area contributed by atoms with Crippen molar-refractivity contribution in [3.63, 3.8) is 0 Å². The van der Waals surface area contributed by atoms with Gasteiger partial charge >= 0.3 is 0 Å². The van der Waals surface area contributed by atoms with Gasteiger partial charge in [0.1, 0.15) is 0 Å². The summed E-state index contributed by atoms with van der Waals surface area (Å²) in [6, 6.07) is 0.00438. The SMILES string of the molecule is CC[C@@H](C)CNC(=O)[C@H](C1CCCC1)N1CCN(C(=O)C2CC2)CC1. The average molecular weight is 350 g/mol. The molecule has 0 spiro atoms. The Labute approximate surface area is 152 Å². The number of hydrogen-bond acceptors (Lipinski definition) is 3. The number of piperazine rings is 1. The molecule has 0 bridgehead atoms. The van der Waals surface area contributed by atoms with Crippen LogP contribution in [0.15, 0.2) is 0 Å². The van der Waals surface area contributed by atoms with Crippen molar-refractivity contribution < 1.29 is 9.59 Å². The van der Waals surface area contributed by atoms with Crippen LogP contribution in [-0.4, -0.2) is 60.4 Å². The first-order valence-corrected chi connectivity index (χ1v) is 10.4. The molecule has 0 radical (unpaired) electrons. The predicted octanol–water partition coefficient (Wildman–Crippen LogP) is 2.26. The number of amides is 2. The minimum Gasteiger partial charge on any atom is -0.354 e. The van der Waals surface area contributed by atoms with Gasteiger partial charge in [-0.15, -0.1) is 0 Å². The summed E-state index contributed by atoms with van der Waals surface area (Å²) < 4.78 is 0. The molecule has 0 aromatic carbocycles. The van der Waals surface area contributed by atoms with Gasteiger partial charge < -0.3 is 10.2 Å². The summed E-state index contributed by atoms with van der Waals surface area (Å²) in [5, 5.41) is 3.21. The molecule has 2 aliphatic carbocycles. The Morgan fingerprint density at radius 1 is 1.04 bits per heavy atom. The Bertz CT molecular complexity index is 464. The van der Waals surface area contributed by atoms with Gasteiger partial charge in [-0.1, -0.05) is 33.1 Å². The van der Waals surface area contributed by atoms with Crippen LogP contribution in [-0.2, 0) is 9.59 Å². The molecule has 2 amide bonds. The van der Waals surface area contributed by atoms with Gasteiger partial charge in [-0.3, -0.25) is 14.5 Å². The first kappa shape index (κ1) is 18.7. The largest absolute Gasteiger partial charge is 0.354 e. The highest BCUT2D eigenvalue weighted by molar-refractivity contribution is 5.82. The summed E-state index contributed by atoms with van der Waals surface area (Å²) in [4.78, 5) is 29.6. The van der Waals surface area contributed by atoms with Crippen LogP contribution < -0.4 is 5.32 Å². The zero-order chi connectivity index (χ0) is 17.8. The van der Waals surface area contributed by atoms with Crippen LogP contribution in [0.3, 0.4) is 0 Å². The van der Waals surface area contributed by atoms with Crippen molar-refractivity contribution in [2.24, 2.45) is 17.8 Å². The molecule has 3 fully saturated rings. The highest BCUT2D eigenvalue weighted by atomic mass is 16.2. The van der Waals surface area contributed by atoms with Crippen LogP contribution in [0.2, 0.25) is 0 Å². The standard InChI is InChI=1S/C20H35N3O2/c1-3-15(2)14-21-19(24)18(16-6-4-5-7-16)22-10-12-23(13-11-22)20(25)17-8-9-17/h15-18H,3-14H2,1-2H3,(H,21,24)/t15-,18+/m1/s1. The van der Waals surface area contributed by atoms with E-state index in [1.165, 1.54) is 25.7 Å². The van der Waals surface area contributed by atoms with E-state index in [-0.39, 0.29) is 11.9 Å². The highest BCUT2D eigenvalue weighted by Crippen LogP contribution is 2.33. The fourth-order valence-corrected chi connectivity index (χ4v) is 4.28. The van der Waals surface area contributed by atoms with Crippen LogP contribution in [0.1, 0.15) is 58.8 Å². The molecule has 1 heterocycles. The summed E-state index contributed by atoms with van der Waals surface area (Å²) in [6.45, 7) is 8.40. The van der Waals surface area contributed by atoms with E-state index in [1.807, 2.05) is 4.90 Å². The van der Waals surface area contributed by atoms with Crippen molar-refractivity contribution in [3.05, 3.63) is 0 Å². The van der Waals surface area contributed by atoms with E-state index in [9.17, 15) is 9.59 Å². The normalized spacial score (nSPS) is 25.0. The van der Waals surface area contributed by atoms with E-state index in [0.717, 1.165) is 52.0 Å². The van der Waals surface area contributed by atoms with Gasteiger partial charge in [0.15, 0.2) is 0 Å². The number of carbonyl (C=O) groups excluding carboxylic acids is 2. The van der Waals surface area contributed by atoms with Crippen LogP contribution in [0, 0.1) is 17.8 Å². The number of nitrogens with zero attached hydrogens (tertiary/aromatic N) is 2. The molecule has 3 rings (SSSR count). The topological polar surface area (TPSA) is 52.7 Å². The molecule has 0 unspecified atom stereocenters. The van der Waals surface area contributed by atoms with Crippen LogP contribution >= 0.6 is 0 Å². The van der Waals surface area contributed by atoms with E-state index < -0.39 is 0 Å². The highest BCUT2D eigenvalue weighted by Gasteiger charge is 2.39. The van der Waals surface area contributed by atoms with Crippen LogP contribution in [0.5, 0.6) is 0 Å². The summed E-state index contributed by atoms with van der Waals surface area (Å²) in [6.07, 6.45) is 8.07. The molecule has 5 heteroatoms. The molecule has 0 aromatic rings. The molecule has 25 heavy (non-hydrogen) atoms. The zero-order valence-corrected chi connectivity index (χ0v) is 16.0. The smallest absolute Gasteiger partial charge is 0.237 e. The minimum atomic E-state index is 0.00438. The van der Waals surface area contributed by atoms with Crippen molar-refractivity contribution in [2.45, 2.75) is 64.8 Å². The lowest BCUT2D eigenvalue weighted by Gasteiger charge is -2.41. The monoisotopic (exact) mass is 349 g/mol. The lowest BCUT2D eigenvalue weighted by atomic mass is 9.94. The second kappa shape index (κ2) is 8.52.